The van der Waals surface area contributed by atoms with E-state index in [0.29, 0.717) is 12.0 Å². The number of hydrogen-bond donors (Lipinski definition) is 1. The number of benzene rings is 1. The molecule has 0 aliphatic carbocycles. The number of nitrogen functional groups attached to an aromatic ring is 1. The lowest BCUT2D eigenvalue weighted by Gasteiger charge is -2.27. The molecule has 0 fully saturated rings. The lowest BCUT2D eigenvalue weighted by molar-refractivity contribution is 0.346. The van der Waals surface area contributed by atoms with Crippen LogP contribution in [0.25, 0.3) is 11.3 Å². The molecule has 0 spiro atoms. The Morgan fingerprint density at radius 2 is 2.00 bits per heavy atom. The van der Waals surface area contributed by atoms with Gasteiger partial charge in [-0.1, -0.05) is 31.2 Å². The van der Waals surface area contributed by atoms with Crippen molar-refractivity contribution in [1.29, 1.82) is 0 Å². The quantitative estimate of drug-likeness (QED) is 0.846. The summed E-state index contributed by atoms with van der Waals surface area (Å²) in [4.78, 5) is 4.82. The lowest BCUT2D eigenvalue weighted by atomic mass is 9.95. The first-order chi connectivity index (χ1) is 9.08. The molecule has 19 heavy (non-hydrogen) atoms. The summed E-state index contributed by atoms with van der Waals surface area (Å²) in [5.41, 5.74) is 9.70. The summed E-state index contributed by atoms with van der Waals surface area (Å²) >= 11 is 0. The number of nitrogens with zero attached hydrogens (tertiary/aromatic N) is 2. The minimum Gasteiger partial charge on any atom is -0.383 e. The standard InChI is InChI=1S/C16H21N3/c1-10-8-12(3)19-14(9-10)18-15(16(19)17)13-7-5-4-6-11(13)2/h4-7,10,12H,8-9,17H2,1-3H3. The molecule has 0 saturated heterocycles. The van der Waals surface area contributed by atoms with Gasteiger partial charge in [0.1, 0.15) is 17.3 Å². The summed E-state index contributed by atoms with van der Waals surface area (Å²) in [5.74, 6) is 2.65. The average molecular weight is 255 g/mol. The first-order valence-electron chi connectivity index (χ1n) is 7.00. The third-order valence-electron chi connectivity index (χ3n) is 4.14. The van der Waals surface area contributed by atoms with Crippen LogP contribution in [0.3, 0.4) is 0 Å². The summed E-state index contributed by atoms with van der Waals surface area (Å²) in [6.45, 7) is 6.64. The lowest BCUT2D eigenvalue weighted by Crippen LogP contribution is -2.22. The van der Waals surface area contributed by atoms with E-state index in [0.717, 1.165) is 29.3 Å². The summed E-state index contributed by atoms with van der Waals surface area (Å²) in [6.07, 6.45) is 2.21. The third kappa shape index (κ3) is 1.93. The molecular weight excluding hydrogens is 234 g/mol. The molecule has 2 N–H and O–H groups in total. The van der Waals surface area contributed by atoms with Gasteiger partial charge in [-0.2, -0.15) is 0 Å². The Kier molecular flexibility index (Phi) is 2.85. The Morgan fingerprint density at radius 1 is 1.26 bits per heavy atom. The van der Waals surface area contributed by atoms with Gasteiger partial charge in [0.25, 0.3) is 0 Å². The minimum absolute atomic E-state index is 0.448. The summed E-state index contributed by atoms with van der Waals surface area (Å²) in [5, 5.41) is 0. The minimum atomic E-state index is 0.448. The fourth-order valence-corrected chi connectivity index (χ4v) is 3.25. The van der Waals surface area contributed by atoms with Crippen LogP contribution in [0.4, 0.5) is 5.82 Å². The van der Waals surface area contributed by atoms with Crippen LogP contribution in [-0.2, 0) is 6.42 Å². The van der Waals surface area contributed by atoms with E-state index in [2.05, 4.69) is 43.5 Å². The zero-order chi connectivity index (χ0) is 13.6. The topological polar surface area (TPSA) is 43.8 Å². The first kappa shape index (κ1) is 12.3. The van der Waals surface area contributed by atoms with E-state index in [-0.39, 0.29) is 0 Å². The number of anilines is 1. The monoisotopic (exact) mass is 255 g/mol. The second-order valence-corrected chi connectivity index (χ2v) is 5.84. The second-order valence-electron chi connectivity index (χ2n) is 5.84. The molecule has 0 amide bonds. The van der Waals surface area contributed by atoms with Crippen molar-refractivity contribution < 1.29 is 0 Å². The van der Waals surface area contributed by atoms with Crippen LogP contribution < -0.4 is 5.73 Å². The Balaban J connectivity index is 2.15. The van der Waals surface area contributed by atoms with E-state index in [1.807, 2.05) is 6.07 Å². The van der Waals surface area contributed by atoms with Crippen molar-refractivity contribution in [1.82, 2.24) is 9.55 Å². The molecule has 3 nitrogen and oxygen atoms in total. The normalized spacial score (nSPS) is 22.3. The van der Waals surface area contributed by atoms with Gasteiger partial charge >= 0.3 is 0 Å². The molecule has 0 saturated carbocycles. The number of hydrogen-bond acceptors (Lipinski definition) is 2. The molecule has 1 aliphatic heterocycles. The van der Waals surface area contributed by atoms with Crippen LogP contribution in [0.15, 0.2) is 24.3 Å². The molecule has 1 aliphatic rings. The zero-order valence-corrected chi connectivity index (χ0v) is 11.9. The van der Waals surface area contributed by atoms with Crippen molar-refractivity contribution in [3.63, 3.8) is 0 Å². The smallest absolute Gasteiger partial charge is 0.131 e. The Labute approximate surface area is 114 Å². The number of nitrogens with two attached hydrogens (primary N) is 1. The zero-order valence-electron chi connectivity index (χ0n) is 11.9. The van der Waals surface area contributed by atoms with E-state index < -0.39 is 0 Å². The predicted molar refractivity (Wildman–Crippen MR) is 79.0 cm³/mol. The number of aryl methyl sites for hydroxylation is 1. The Hall–Kier alpha value is -1.77. The SMILES string of the molecule is Cc1ccccc1-c1nc2n(c1N)C(C)CC(C)C2. The average Bonchev–Trinajstić information content (AvgIpc) is 2.67. The molecule has 3 heteroatoms. The van der Waals surface area contributed by atoms with Crippen molar-refractivity contribution in [2.45, 2.75) is 39.7 Å². The third-order valence-corrected chi connectivity index (χ3v) is 4.14. The number of aromatic nitrogens is 2. The molecule has 1 aromatic heterocycles. The molecule has 2 aromatic rings. The van der Waals surface area contributed by atoms with Crippen LogP contribution in [0, 0.1) is 12.8 Å². The van der Waals surface area contributed by atoms with E-state index in [1.165, 1.54) is 12.0 Å². The van der Waals surface area contributed by atoms with Crippen molar-refractivity contribution >= 4 is 5.82 Å². The highest BCUT2D eigenvalue weighted by molar-refractivity contribution is 5.73. The van der Waals surface area contributed by atoms with Gasteiger partial charge in [0.05, 0.1) is 0 Å². The Morgan fingerprint density at radius 3 is 2.74 bits per heavy atom. The van der Waals surface area contributed by atoms with Crippen molar-refractivity contribution in [3.8, 4) is 11.3 Å². The van der Waals surface area contributed by atoms with Gasteiger partial charge in [0.15, 0.2) is 0 Å². The van der Waals surface area contributed by atoms with Crippen LogP contribution in [-0.4, -0.2) is 9.55 Å². The molecule has 2 heterocycles. The van der Waals surface area contributed by atoms with Crippen LogP contribution in [0.1, 0.15) is 37.7 Å². The van der Waals surface area contributed by atoms with E-state index in [9.17, 15) is 0 Å². The number of fused-ring (bicyclic) bond motifs is 1. The molecule has 1 aromatic carbocycles. The van der Waals surface area contributed by atoms with Gasteiger partial charge in [0.2, 0.25) is 0 Å². The van der Waals surface area contributed by atoms with Crippen molar-refractivity contribution in [2.75, 3.05) is 5.73 Å². The van der Waals surface area contributed by atoms with Gasteiger partial charge in [-0.3, -0.25) is 0 Å². The molecule has 0 radical (unpaired) electrons. The Bertz CT molecular complexity index is 612. The highest BCUT2D eigenvalue weighted by Crippen LogP contribution is 2.36. The van der Waals surface area contributed by atoms with Gasteiger partial charge in [-0.15, -0.1) is 0 Å². The van der Waals surface area contributed by atoms with Crippen LogP contribution in [0.2, 0.25) is 0 Å². The molecule has 100 valence electrons. The van der Waals surface area contributed by atoms with Gasteiger partial charge in [0, 0.05) is 18.0 Å². The summed E-state index contributed by atoms with van der Waals surface area (Å²) < 4.78 is 2.22. The maximum atomic E-state index is 6.36. The maximum Gasteiger partial charge on any atom is 0.131 e. The van der Waals surface area contributed by atoms with E-state index >= 15 is 0 Å². The first-order valence-corrected chi connectivity index (χ1v) is 7.00. The van der Waals surface area contributed by atoms with Crippen molar-refractivity contribution in [2.24, 2.45) is 5.92 Å². The van der Waals surface area contributed by atoms with Gasteiger partial charge < -0.3 is 10.3 Å². The highest BCUT2D eigenvalue weighted by atomic mass is 15.2. The molecule has 3 rings (SSSR count). The second kappa shape index (κ2) is 4.41. The molecular formula is C16H21N3. The van der Waals surface area contributed by atoms with Crippen molar-refractivity contribution in [3.05, 3.63) is 35.7 Å². The maximum absolute atomic E-state index is 6.36. The molecule has 2 unspecified atom stereocenters. The summed E-state index contributed by atoms with van der Waals surface area (Å²) in [7, 11) is 0. The molecule has 2 atom stereocenters. The van der Waals surface area contributed by atoms with E-state index in [4.69, 9.17) is 10.7 Å². The highest BCUT2D eigenvalue weighted by Gasteiger charge is 2.27. The van der Waals surface area contributed by atoms with Crippen LogP contribution >= 0.6 is 0 Å². The van der Waals surface area contributed by atoms with Crippen LogP contribution in [0.5, 0.6) is 0 Å². The molecule has 0 bridgehead atoms. The summed E-state index contributed by atoms with van der Waals surface area (Å²) in [6, 6.07) is 8.76. The predicted octanol–water partition coefficient (Wildman–Crippen LogP) is 3.58. The largest absolute Gasteiger partial charge is 0.383 e. The van der Waals surface area contributed by atoms with Gasteiger partial charge in [-0.05, 0) is 31.7 Å². The fraction of sp³-hybridized carbons (Fsp3) is 0.438. The number of imidazole rings is 1. The fourth-order valence-electron chi connectivity index (χ4n) is 3.25. The van der Waals surface area contributed by atoms with E-state index in [1.54, 1.807) is 0 Å². The number of rotatable bonds is 1. The van der Waals surface area contributed by atoms with Gasteiger partial charge in [-0.25, -0.2) is 4.98 Å².